The van der Waals surface area contributed by atoms with Crippen molar-refractivity contribution < 1.29 is 0 Å². The van der Waals surface area contributed by atoms with E-state index in [0.717, 1.165) is 18.9 Å². The van der Waals surface area contributed by atoms with Crippen molar-refractivity contribution in [3.63, 3.8) is 0 Å². The molecule has 0 radical (unpaired) electrons. The van der Waals surface area contributed by atoms with Crippen molar-refractivity contribution in [1.82, 2.24) is 15.6 Å². The van der Waals surface area contributed by atoms with Gasteiger partial charge in [0.15, 0.2) is 5.96 Å². The van der Waals surface area contributed by atoms with Crippen LogP contribution in [-0.2, 0) is 6.42 Å². The largest absolute Gasteiger partial charge is 0.361 e. The topological polar surface area (TPSA) is 52.2 Å². The van der Waals surface area contributed by atoms with E-state index in [0.29, 0.717) is 6.04 Å². The summed E-state index contributed by atoms with van der Waals surface area (Å²) in [5, 5.41) is 8.32. The van der Waals surface area contributed by atoms with Crippen LogP contribution in [0, 0.1) is 6.92 Å². The molecule has 1 unspecified atom stereocenters. The molecule has 0 aliphatic carbocycles. The van der Waals surface area contributed by atoms with Crippen LogP contribution in [0.2, 0.25) is 0 Å². The fraction of sp³-hybridized carbons (Fsp3) is 0.500. The van der Waals surface area contributed by atoms with E-state index in [4.69, 9.17) is 0 Å². The van der Waals surface area contributed by atoms with Crippen molar-refractivity contribution in [2.45, 2.75) is 32.2 Å². The Labute approximate surface area is 165 Å². The maximum absolute atomic E-state index is 4.35. The van der Waals surface area contributed by atoms with Crippen molar-refractivity contribution in [3.05, 3.63) is 35.5 Å². The first-order chi connectivity index (χ1) is 11.3. The smallest absolute Gasteiger partial charge is 0.191 e. The average molecular weight is 458 g/mol. The summed E-state index contributed by atoms with van der Waals surface area (Å²) >= 11 is 2.03. The lowest BCUT2D eigenvalue weighted by Crippen LogP contribution is -2.46. The average Bonchev–Trinajstić information content (AvgIpc) is 2.99. The Morgan fingerprint density at radius 2 is 2.29 bits per heavy atom. The number of rotatable bonds is 4. The first-order valence-corrected chi connectivity index (χ1v) is 9.54. The van der Waals surface area contributed by atoms with Crippen LogP contribution in [0.1, 0.15) is 24.0 Å². The maximum Gasteiger partial charge on any atom is 0.191 e. The predicted octanol–water partition coefficient (Wildman–Crippen LogP) is 3.70. The van der Waals surface area contributed by atoms with Crippen molar-refractivity contribution in [3.8, 4) is 0 Å². The van der Waals surface area contributed by atoms with E-state index >= 15 is 0 Å². The Hall–Kier alpha value is -0.890. The van der Waals surface area contributed by atoms with Gasteiger partial charge < -0.3 is 15.6 Å². The number of aromatic nitrogens is 1. The van der Waals surface area contributed by atoms with Crippen LogP contribution in [0.5, 0.6) is 0 Å². The minimum Gasteiger partial charge on any atom is -0.361 e. The zero-order valence-electron chi connectivity index (χ0n) is 14.4. The molecule has 2 heterocycles. The molecule has 2 aromatic rings. The molecule has 0 saturated carbocycles. The second-order valence-corrected chi connectivity index (χ2v) is 7.27. The maximum atomic E-state index is 4.35. The van der Waals surface area contributed by atoms with Gasteiger partial charge in [-0.25, -0.2) is 0 Å². The van der Waals surface area contributed by atoms with E-state index in [1.807, 2.05) is 18.8 Å². The zero-order valence-corrected chi connectivity index (χ0v) is 17.5. The molecular formula is C18H27IN4S. The molecule has 1 saturated heterocycles. The lowest BCUT2D eigenvalue weighted by Gasteiger charge is -2.24. The zero-order chi connectivity index (χ0) is 16.1. The molecular weight excluding hydrogens is 431 g/mol. The molecule has 0 amide bonds. The van der Waals surface area contributed by atoms with Crippen LogP contribution in [0.15, 0.2) is 29.4 Å². The number of thioether (sulfide) groups is 1. The summed E-state index contributed by atoms with van der Waals surface area (Å²) in [6.45, 7) is 3.04. The molecule has 24 heavy (non-hydrogen) atoms. The van der Waals surface area contributed by atoms with Crippen LogP contribution >= 0.6 is 35.7 Å². The van der Waals surface area contributed by atoms with Gasteiger partial charge >= 0.3 is 0 Å². The number of guanidine groups is 1. The molecule has 3 N–H and O–H groups in total. The third-order valence-corrected chi connectivity index (χ3v) is 5.64. The van der Waals surface area contributed by atoms with Crippen LogP contribution in [-0.4, -0.2) is 42.1 Å². The van der Waals surface area contributed by atoms with E-state index in [1.54, 1.807) is 0 Å². The highest BCUT2D eigenvalue weighted by Crippen LogP contribution is 2.21. The van der Waals surface area contributed by atoms with Crippen LogP contribution in [0.25, 0.3) is 10.9 Å². The number of aryl methyl sites for hydroxylation is 1. The molecule has 4 nitrogen and oxygen atoms in total. The van der Waals surface area contributed by atoms with Crippen molar-refractivity contribution in [2.24, 2.45) is 4.99 Å². The molecule has 0 spiro atoms. The van der Waals surface area contributed by atoms with E-state index in [1.165, 1.54) is 46.4 Å². The molecule has 0 bridgehead atoms. The van der Waals surface area contributed by atoms with Crippen molar-refractivity contribution in [1.29, 1.82) is 0 Å². The molecule has 1 aromatic carbocycles. The van der Waals surface area contributed by atoms with Gasteiger partial charge in [-0.15, -0.1) is 24.0 Å². The molecule has 1 aliphatic heterocycles. The van der Waals surface area contributed by atoms with Gasteiger partial charge in [0, 0.05) is 42.5 Å². The molecule has 1 fully saturated rings. The number of H-pyrrole nitrogens is 1. The van der Waals surface area contributed by atoms with Gasteiger partial charge in [0.1, 0.15) is 0 Å². The number of hydrogen-bond acceptors (Lipinski definition) is 2. The third-order valence-electron chi connectivity index (χ3n) is 4.42. The fourth-order valence-electron chi connectivity index (χ4n) is 3.13. The molecule has 1 aliphatic rings. The van der Waals surface area contributed by atoms with Crippen LogP contribution < -0.4 is 10.6 Å². The number of hydrogen-bond donors (Lipinski definition) is 3. The first-order valence-electron chi connectivity index (χ1n) is 8.38. The van der Waals surface area contributed by atoms with Gasteiger partial charge in [-0.2, -0.15) is 11.8 Å². The van der Waals surface area contributed by atoms with Gasteiger partial charge in [-0.1, -0.05) is 18.2 Å². The Balaban J connectivity index is 0.00000208. The number of nitrogens with one attached hydrogen (secondary N) is 3. The number of halogens is 1. The minimum absolute atomic E-state index is 0. The van der Waals surface area contributed by atoms with E-state index in [2.05, 4.69) is 51.9 Å². The van der Waals surface area contributed by atoms with Gasteiger partial charge in [-0.05, 0) is 43.1 Å². The highest BCUT2D eigenvalue weighted by molar-refractivity contribution is 14.0. The SMILES string of the molecule is CN=C(NCCc1c[nH]c2c(C)cccc12)NC1CCCSC1.I. The Morgan fingerprint density at radius 1 is 1.42 bits per heavy atom. The lowest BCUT2D eigenvalue weighted by molar-refractivity contribution is 0.582. The Kier molecular flexibility index (Phi) is 7.74. The standard InChI is InChI=1S/C18H26N4S.HI/c1-13-5-3-7-16-14(11-21-17(13)16)8-9-20-18(19-2)22-15-6-4-10-23-12-15;/h3,5,7,11,15,21H,4,6,8-10,12H2,1-2H3,(H2,19,20,22);1H. The fourth-order valence-corrected chi connectivity index (χ4v) is 4.20. The Bertz CT molecular complexity index is 677. The van der Waals surface area contributed by atoms with Gasteiger partial charge in [-0.3, -0.25) is 4.99 Å². The second kappa shape index (κ2) is 9.56. The summed E-state index contributed by atoms with van der Waals surface area (Å²) in [6, 6.07) is 7.02. The number of benzene rings is 1. The second-order valence-electron chi connectivity index (χ2n) is 6.12. The Morgan fingerprint density at radius 3 is 3.04 bits per heavy atom. The third kappa shape index (κ3) is 4.81. The summed E-state index contributed by atoms with van der Waals surface area (Å²) in [5.74, 6) is 3.40. The van der Waals surface area contributed by atoms with Gasteiger partial charge in [0.25, 0.3) is 0 Å². The monoisotopic (exact) mass is 458 g/mol. The number of para-hydroxylation sites is 1. The molecule has 3 rings (SSSR count). The van der Waals surface area contributed by atoms with Crippen molar-refractivity contribution in [2.75, 3.05) is 25.1 Å². The summed E-state index contributed by atoms with van der Waals surface area (Å²) in [5.41, 5.74) is 3.91. The van der Waals surface area contributed by atoms with Crippen LogP contribution in [0.4, 0.5) is 0 Å². The number of nitrogens with zero attached hydrogens (tertiary/aromatic N) is 1. The lowest BCUT2D eigenvalue weighted by atomic mass is 10.1. The summed E-state index contributed by atoms with van der Waals surface area (Å²) in [4.78, 5) is 7.75. The first kappa shape index (κ1) is 19.4. The molecule has 132 valence electrons. The number of fused-ring (bicyclic) bond motifs is 1. The molecule has 1 atom stereocenters. The highest BCUT2D eigenvalue weighted by atomic mass is 127. The van der Waals surface area contributed by atoms with Crippen LogP contribution in [0.3, 0.4) is 0 Å². The van der Waals surface area contributed by atoms with E-state index < -0.39 is 0 Å². The van der Waals surface area contributed by atoms with E-state index in [-0.39, 0.29) is 24.0 Å². The quantitative estimate of drug-likeness (QED) is 0.372. The predicted molar refractivity (Wildman–Crippen MR) is 117 cm³/mol. The summed E-state index contributed by atoms with van der Waals surface area (Å²) in [6.07, 6.45) is 5.67. The summed E-state index contributed by atoms with van der Waals surface area (Å²) in [7, 11) is 1.85. The number of aromatic amines is 1. The normalized spacial score (nSPS) is 18.2. The van der Waals surface area contributed by atoms with Crippen molar-refractivity contribution >= 4 is 52.6 Å². The van der Waals surface area contributed by atoms with E-state index in [9.17, 15) is 0 Å². The minimum atomic E-state index is 0. The summed E-state index contributed by atoms with van der Waals surface area (Å²) < 4.78 is 0. The molecule has 6 heteroatoms. The highest BCUT2D eigenvalue weighted by Gasteiger charge is 2.14. The van der Waals surface area contributed by atoms with Gasteiger partial charge in [0.2, 0.25) is 0 Å². The number of aliphatic imine (C=N–C) groups is 1. The molecule has 1 aromatic heterocycles. The van der Waals surface area contributed by atoms with Gasteiger partial charge in [0.05, 0.1) is 0 Å².